The molecule has 3 aromatic carbocycles. The molecule has 6 N–H and O–H groups in total. The minimum Gasteiger partial charge on any atom is -0.384 e. The second-order valence-corrected chi connectivity index (χ2v) is 8.44. The summed E-state index contributed by atoms with van der Waals surface area (Å²) in [6, 6.07) is 18.9. The van der Waals surface area contributed by atoms with Crippen LogP contribution in [0.25, 0.3) is 0 Å². The van der Waals surface area contributed by atoms with Gasteiger partial charge in [0, 0.05) is 11.1 Å². The summed E-state index contributed by atoms with van der Waals surface area (Å²) in [5.41, 5.74) is 21.7. The second kappa shape index (κ2) is 9.61. The van der Waals surface area contributed by atoms with Gasteiger partial charge in [0.05, 0.1) is 0 Å². The van der Waals surface area contributed by atoms with Crippen LogP contribution < -0.4 is 11.5 Å². The lowest BCUT2D eigenvalue weighted by Gasteiger charge is -2.12. The van der Waals surface area contributed by atoms with Crippen molar-refractivity contribution >= 4 is 11.7 Å². The van der Waals surface area contributed by atoms with Crippen molar-refractivity contribution in [3.8, 4) is 0 Å². The zero-order valence-corrected chi connectivity index (χ0v) is 18.7. The number of benzene rings is 3. The van der Waals surface area contributed by atoms with Gasteiger partial charge in [0.1, 0.15) is 11.7 Å². The van der Waals surface area contributed by atoms with Crippen LogP contribution in [-0.4, -0.2) is 11.7 Å². The van der Waals surface area contributed by atoms with Gasteiger partial charge in [-0.3, -0.25) is 10.8 Å². The third kappa shape index (κ3) is 5.82. The molecule has 0 unspecified atom stereocenters. The highest BCUT2D eigenvalue weighted by molar-refractivity contribution is 5.95. The molecule has 0 aliphatic rings. The highest BCUT2D eigenvalue weighted by Gasteiger charge is 2.07. The van der Waals surface area contributed by atoms with Crippen LogP contribution in [-0.2, 0) is 25.7 Å². The molecule has 0 spiro atoms. The summed E-state index contributed by atoms with van der Waals surface area (Å²) in [6.45, 7) is 6.33. The van der Waals surface area contributed by atoms with Gasteiger partial charge in [-0.15, -0.1) is 0 Å². The summed E-state index contributed by atoms with van der Waals surface area (Å²) < 4.78 is 0. The zero-order valence-electron chi connectivity index (χ0n) is 18.7. The number of rotatable bonds is 8. The average molecular weight is 413 g/mol. The first-order valence-corrected chi connectivity index (χ1v) is 10.7. The van der Waals surface area contributed by atoms with Crippen LogP contribution in [0.4, 0.5) is 0 Å². The van der Waals surface area contributed by atoms with Gasteiger partial charge in [-0.05, 0) is 92.0 Å². The Kier molecular flexibility index (Phi) is 6.91. The maximum atomic E-state index is 7.59. The Morgan fingerprint density at radius 3 is 1.39 bits per heavy atom. The van der Waals surface area contributed by atoms with Gasteiger partial charge in [-0.1, -0.05) is 48.0 Å². The molecule has 0 amide bonds. The van der Waals surface area contributed by atoms with E-state index >= 15 is 0 Å². The summed E-state index contributed by atoms with van der Waals surface area (Å²) in [5.74, 6) is 0.230. The van der Waals surface area contributed by atoms with E-state index in [-0.39, 0.29) is 11.7 Å². The highest BCUT2D eigenvalue weighted by atomic mass is 14.7. The van der Waals surface area contributed by atoms with E-state index in [0.29, 0.717) is 0 Å². The summed E-state index contributed by atoms with van der Waals surface area (Å²) in [5, 5.41) is 15.2. The van der Waals surface area contributed by atoms with Crippen LogP contribution in [0.1, 0.15) is 50.1 Å². The summed E-state index contributed by atoms with van der Waals surface area (Å²) in [7, 11) is 0. The first-order valence-electron chi connectivity index (χ1n) is 10.7. The number of amidine groups is 2. The average Bonchev–Trinajstić information content (AvgIpc) is 2.71. The minimum absolute atomic E-state index is 0.115. The molecular formula is C27H32N4. The van der Waals surface area contributed by atoms with E-state index in [1.165, 1.54) is 38.9 Å². The van der Waals surface area contributed by atoms with Crippen LogP contribution in [0.5, 0.6) is 0 Å². The van der Waals surface area contributed by atoms with Crippen molar-refractivity contribution in [1.82, 2.24) is 0 Å². The maximum absolute atomic E-state index is 7.59. The predicted octanol–water partition coefficient (Wildman–Crippen LogP) is 4.75. The van der Waals surface area contributed by atoms with Gasteiger partial charge in [0.15, 0.2) is 0 Å². The monoisotopic (exact) mass is 412 g/mol. The SMILES string of the molecule is Cc1cc(CCc2ccc(C(=N)N)cc2C)cc(CCc2ccc(C(=N)N)cc2C)c1. The molecule has 3 aromatic rings. The number of hydrogen-bond donors (Lipinski definition) is 4. The highest BCUT2D eigenvalue weighted by Crippen LogP contribution is 2.19. The Balaban J connectivity index is 1.68. The van der Waals surface area contributed by atoms with Crippen LogP contribution in [0, 0.1) is 31.6 Å². The number of nitrogen functional groups attached to an aromatic ring is 2. The molecule has 0 atom stereocenters. The van der Waals surface area contributed by atoms with Gasteiger partial charge in [-0.2, -0.15) is 0 Å². The van der Waals surface area contributed by atoms with Crippen molar-refractivity contribution in [2.45, 2.75) is 46.5 Å². The Labute approximate surface area is 185 Å². The lowest BCUT2D eigenvalue weighted by atomic mass is 9.94. The first-order chi connectivity index (χ1) is 14.7. The molecule has 31 heavy (non-hydrogen) atoms. The molecule has 0 fully saturated rings. The van der Waals surface area contributed by atoms with Crippen LogP contribution in [0.2, 0.25) is 0 Å². The van der Waals surface area contributed by atoms with Crippen molar-refractivity contribution in [2.24, 2.45) is 11.5 Å². The molecule has 0 aliphatic heterocycles. The van der Waals surface area contributed by atoms with E-state index < -0.39 is 0 Å². The van der Waals surface area contributed by atoms with Crippen molar-refractivity contribution in [3.63, 3.8) is 0 Å². The van der Waals surface area contributed by atoms with Crippen molar-refractivity contribution < 1.29 is 0 Å². The molecule has 0 heterocycles. The van der Waals surface area contributed by atoms with E-state index in [0.717, 1.165) is 36.8 Å². The fourth-order valence-corrected chi connectivity index (χ4v) is 4.08. The van der Waals surface area contributed by atoms with Crippen molar-refractivity contribution in [3.05, 3.63) is 105 Å². The molecule has 0 radical (unpaired) electrons. The number of nitrogens with one attached hydrogen (secondary N) is 2. The van der Waals surface area contributed by atoms with E-state index in [1.807, 2.05) is 24.3 Å². The lowest BCUT2D eigenvalue weighted by Crippen LogP contribution is -2.11. The summed E-state index contributed by atoms with van der Waals surface area (Å²) in [6.07, 6.45) is 3.92. The van der Waals surface area contributed by atoms with E-state index in [9.17, 15) is 0 Å². The van der Waals surface area contributed by atoms with E-state index in [1.54, 1.807) is 0 Å². The van der Waals surface area contributed by atoms with Crippen LogP contribution >= 0.6 is 0 Å². The Morgan fingerprint density at radius 2 is 1.03 bits per heavy atom. The molecule has 3 rings (SSSR count). The molecular weight excluding hydrogens is 380 g/mol. The largest absolute Gasteiger partial charge is 0.384 e. The van der Waals surface area contributed by atoms with Gasteiger partial charge in [0.2, 0.25) is 0 Å². The van der Waals surface area contributed by atoms with Gasteiger partial charge in [-0.25, -0.2) is 0 Å². The molecule has 0 saturated heterocycles. The smallest absolute Gasteiger partial charge is 0.122 e. The lowest BCUT2D eigenvalue weighted by molar-refractivity contribution is 0.918. The third-order valence-electron chi connectivity index (χ3n) is 5.87. The van der Waals surface area contributed by atoms with Crippen molar-refractivity contribution in [2.75, 3.05) is 0 Å². The van der Waals surface area contributed by atoms with Crippen molar-refractivity contribution in [1.29, 1.82) is 10.8 Å². The summed E-state index contributed by atoms with van der Waals surface area (Å²) >= 11 is 0. The Hall–Kier alpha value is -3.40. The topological polar surface area (TPSA) is 99.7 Å². The fraction of sp³-hybridized carbons (Fsp3) is 0.259. The molecule has 160 valence electrons. The minimum atomic E-state index is 0.115. The molecule has 0 saturated carbocycles. The van der Waals surface area contributed by atoms with Gasteiger partial charge >= 0.3 is 0 Å². The van der Waals surface area contributed by atoms with E-state index in [2.05, 4.69) is 51.1 Å². The Morgan fingerprint density at radius 1 is 0.613 bits per heavy atom. The standard InChI is InChI=1S/C27H32N4/c1-17-12-20(4-6-22-8-10-24(26(28)29)14-18(22)2)16-21(13-17)5-7-23-9-11-25(27(30)31)15-19(23)3/h8-16H,4-7H2,1-3H3,(H3,28,29)(H3,30,31). The van der Waals surface area contributed by atoms with Gasteiger partial charge in [0.25, 0.3) is 0 Å². The quantitative estimate of drug-likeness (QED) is 0.317. The molecule has 4 nitrogen and oxygen atoms in total. The van der Waals surface area contributed by atoms with Crippen LogP contribution in [0.15, 0.2) is 54.6 Å². The molecule has 0 aromatic heterocycles. The van der Waals surface area contributed by atoms with E-state index in [4.69, 9.17) is 22.3 Å². The number of aryl methyl sites for hydroxylation is 7. The first kappa shape index (κ1) is 22.3. The Bertz CT molecular complexity index is 1040. The van der Waals surface area contributed by atoms with Gasteiger partial charge < -0.3 is 11.5 Å². The fourth-order valence-electron chi connectivity index (χ4n) is 4.08. The summed E-state index contributed by atoms with van der Waals surface area (Å²) in [4.78, 5) is 0. The third-order valence-corrected chi connectivity index (χ3v) is 5.87. The number of hydrogen-bond acceptors (Lipinski definition) is 2. The van der Waals surface area contributed by atoms with Crippen LogP contribution in [0.3, 0.4) is 0 Å². The molecule has 0 bridgehead atoms. The normalized spacial score (nSPS) is 10.8. The predicted molar refractivity (Wildman–Crippen MR) is 130 cm³/mol. The molecule has 0 aliphatic carbocycles. The molecule has 4 heteroatoms. The maximum Gasteiger partial charge on any atom is 0.122 e. The second-order valence-electron chi connectivity index (χ2n) is 8.44. The number of nitrogens with two attached hydrogens (primary N) is 2. The zero-order chi connectivity index (χ0) is 22.5.